The van der Waals surface area contributed by atoms with E-state index in [1.165, 1.54) is 6.92 Å². The van der Waals surface area contributed by atoms with Gasteiger partial charge in [0.2, 0.25) is 11.8 Å². The number of nitrogens with zero attached hydrogens (tertiary/aromatic N) is 4. The second-order valence-electron chi connectivity index (χ2n) is 6.60. The lowest BCUT2D eigenvalue weighted by molar-refractivity contribution is -0.156. The van der Waals surface area contributed by atoms with Gasteiger partial charge in [-0.15, -0.1) is 0 Å². The Hall–Kier alpha value is -1.93. The maximum atomic E-state index is 12.4. The van der Waals surface area contributed by atoms with Gasteiger partial charge in [-0.1, -0.05) is 0 Å². The van der Waals surface area contributed by atoms with Gasteiger partial charge in [0, 0.05) is 44.5 Å². The SMILES string of the molecule is CCn1cc(CN2CCN3C(=O)[C@@H]([C@H](C)O)NC(=O)[C@H]3C2)c(C)n1. The van der Waals surface area contributed by atoms with Gasteiger partial charge in [0.1, 0.15) is 12.1 Å². The first-order chi connectivity index (χ1) is 11.4. The maximum absolute atomic E-state index is 12.4. The van der Waals surface area contributed by atoms with Crippen LogP contribution in [0, 0.1) is 6.92 Å². The summed E-state index contributed by atoms with van der Waals surface area (Å²) in [6.45, 7) is 8.81. The van der Waals surface area contributed by atoms with Crippen LogP contribution >= 0.6 is 0 Å². The highest BCUT2D eigenvalue weighted by Gasteiger charge is 2.44. The molecule has 0 bridgehead atoms. The van der Waals surface area contributed by atoms with Crippen LogP contribution in [-0.4, -0.2) is 74.3 Å². The Morgan fingerprint density at radius 1 is 1.42 bits per heavy atom. The lowest BCUT2D eigenvalue weighted by Gasteiger charge is -2.45. The largest absolute Gasteiger partial charge is 0.391 e. The van der Waals surface area contributed by atoms with E-state index in [0.29, 0.717) is 19.6 Å². The van der Waals surface area contributed by atoms with Gasteiger partial charge >= 0.3 is 0 Å². The van der Waals surface area contributed by atoms with Crippen LogP contribution < -0.4 is 5.32 Å². The summed E-state index contributed by atoms with van der Waals surface area (Å²) in [5, 5.41) is 16.8. The molecule has 0 unspecified atom stereocenters. The predicted molar refractivity (Wildman–Crippen MR) is 87.0 cm³/mol. The van der Waals surface area contributed by atoms with E-state index in [0.717, 1.165) is 24.3 Å². The molecule has 2 aliphatic heterocycles. The number of aromatic nitrogens is 2. The molecule has 0 saturated carbocycles. The van der Waals surface area contributed by atoms with Crippen LogP contribution in [0.2, 0.25) is 0 Å². The summed E-state index contributed by atoms with van der Waals surface area (Å²) in [7, 11) is 0. The first-order valence-electron chi connectivity index (χ1n) is 8.45. The zero-order chi connectivity index (χ0) is 17.4. The number of carbonyl (C=O) groups is 2. The summed E-state index contributed by atoms with van der Waals surface area (Å²) in [5.41, 5.74) is 2.15. The van der Waals surface area contributed by atoms with Crippen molar-refractivity contribution in [1.82, 2.24) is 24.9 Å². The van der Waals surface area contributed by atoms with Crippen LogP contribution in [0.3, 0.4) is 0 Å². The second-order valence-corrected chi connectivity index (χ2v) is 6.60. The molecule has 1 aromatic heterocycles. The van der Waals surface area contributed by atoms with Crippen molar-refractivity contribution < 1.29 is 14.7 Å². The number of amides is 2. The topological polar surface area (TPSA) is 90.7 Å². The van der Waals surface area contributed by atoms with Gasteiger partial charge < -0.3 is 15.3 Å². The highest BCUT2D eigenvalue weighted by molar-refractivity contribution is 5.97. The molecule has 0 aromatic carbocycles. The summed E-state index contributed by atoms with van der Waals surface area (Å²) in [6.07, 6.45) is 1.15. The minimum Gasteiger partial charge on any atom is -0.391 e. The Morgan fingerprint density at radius 2 is 2.17 bits per heavy atom. The molecule has 2 amide bonds. The van der Waals surface area contributed by atoms with E-state index in [-0.39, 0.29) is 11.8 Å². The molecular weight excluding hydrogens is 310 g/mol. The third kappa shape index (κ3) is 3.03. The van der Waals surface area contributed by atoms with E-state index in [1.54, 1.807) is 4.90 Å². The first kappa shape index (κ1) is 16.9. The summed E-state index contributed by atoms with van der Waals surface area (Å²) in [6, 6.07) is -1.31. The molecule has 132 valence electrons. The number of rotatable bonds is 4. The Kier molecular flexibility index (Phi) is 4.60. The third-order valence-corrected chi connectivity index (χ3v) is 4.86. The Labute approximate surface area is 141 Å². The normalized spacial score (nSPS) is 26.2. The molecule has 3 rings (SSSR count). The number of hydrogen-bond donors (Lipinski definition) is 2. The first-order valence-corrected chi connectivity index (χ1v) is 8.45. The molecule has 8 nitrogen and oxygen atoms in total. The van der Waals surface area contributed by atoms with Gasteiger partial charge in [0.05, 0.1) is 11.8 Å². The second kappa shape index (κ2) is 6.52. The number of aliphatic hydroxyl groups is 1. The summed E-state index contributed by atoms with van der Waals surface area (Å²) < 4.78 is 1.91. The molecule has 3 heterocycles. The fourth-order valence-corrected chi connectivity index (χ4v) is 3.41. The minimum atomic E-state index is -0.886. The number of fused-ring (bicyclic) bond motifs is 1. The van der Waals surface area contributed by atoms with E-state index in [2.05, 4.69) is 15.3 Å². The minimum absolute atomic E-state index is 0.189. The average Bonchev–Trinajstić information content (AvgIpc) is 2.90. The molecule has 2 fully saturated rings. The zero-order valence-corrected chi connectivity index (χ0v) is 14.4. The Bertz CT molecular complexity index is 642. The van der Waals surface area contributed by atoms with Crippen molar-refractivity contribution in [2.75, 3.05) is 19.6 Å². The van der Waals surface area contributed by atoms with Gasteiger partial charge in [-0.3, -0.25) is 19.2 Å². The van der Waals surface area contributed by atoms with Crippen LogP contribution in [-0.2, 0) is 22.7 Å². The van der Waals surface area contributed by atoms with Crippen molar-refractivity contribution in [3.63, 3.8) is 0 Å². The molecule has 2 N–H and O–H groups in total. The van der Waals surface area contributed by atoms with Crippen LogP contribution in [0.25, 0.3) is 0 Å². The molecule has 0 radical (unpaired) electrons. The van der Waals surface area contributed by atoms with E-state index in [1.807, 2.05) is 24.7 Å². The third-order valence-electron chi connectivity index (χ3n) is 4.86. The molecule has 1 aromatic rings. The molecular formula is C16H25N5O3. The molecule has 0 spiro atoms. The van der Waals surface area contributed by atoms with Gasteiger partial charge in [-0.25, -0.2) is 0 Å². The van der Waals surface area contributed by atoms with Crippen molar-refractivity contribution in [3.05, 3.63) is 17.5 Å². The smallest absolute Gasteiger partial charge is 0.248 e. The summed E-state index contributed by atoms with van der Waals surface area (Å²) in [5.74, 6) is -0.379. The van der Waals surface area contributed by atoms with Crippen molar-refractivity contribution in [3.8, 4) is 0 Å². The van der Waals surface area contributed by atoms with Crippen LogP contribution in [0.1, 0.15) is 25.1 Å². The van der Waals surface area contributed by atoms with Crippen LogP contribution in [0.5, 0.6) is 0 Å². The highest BCUT2D eigenvalue weighted by Crippen LogP contribution is 2.20. The van der Waals surface area contributed by atoms with Crippen LogP contribution in [0.4, 0.5) is 0 Å². The molecule has 3 atom stereocenters. The van der Waals surface area contributed by atoms with Crippen molar-refractivity contribution in [2.24, 2.45) is 0 Å². The lowest BCUT2D eigenvalue weighted by Crippen LogP contribution is -2.70. The van der Waals surface area contributed by atoms with Crippen molar-refractivity contribution in [2.45, 2.75) is 52.0 Å². The lowest BCUT2D eigenvalue weighted by atomic mass is 10.0. The molecule has 24 heavy (non-hydrogen) atoms. The standard InChI is InChI=1S/C16H25N5O3/c1-4-20-8-12(10(2)18-20)7-19-5-6-21-13(9-19)15(23)17-14(11(3)22)16(21)24/h8,11,13-14,22H,4-7,9H2,1-3H3,(H,17,23)/t11-,13+,14+/m0/s1. The van der Waals surface area contributed by atoms with Gasteiger partial charge in [-0.2, -0.15) is 5.10 Å². The number of carbonyl (C=O) groups excluding carboxylic acids is 2. The number of aryl methyl sites for hydroxylation is 2. The fourth-order valence-electron chi connectivity index (χ4n) is 3.41. The van der Waals surface area contributed by atoms with E-state index >= 15 is 0 Å². The zero-order valence-electron chi connectivity index (χ0n) is 14.4. The summed E-state index contributed by atoms with van der Waals surface area (Å²) in [4.78, 5) is 28.6. The van der Waals surface area contributed by atoms with Gasteiger partial charge in [0.25, 0.3) is 0 Å². The number of piperazine rings is 2. The average molecular weight is 335 g/mol. The monoisotopic (exact) mass is 335 g/mol. The highest BCUT2D eigenvalue weighted by atomic mass is 16.3. The summed E-state index contributed by atoms with van der Waals surface area (Å²) >= 11 is 0. The Balaban J connectivity index is 1.69. The van der Waals surface area contributed by atoms with Crippen molar-refractivity contribution >= 4 is 11.8 Å². The van der Waals surface area contributed by atoms with Gasteiger partial charge in [-0.05, 0) is 20.8 Å². The van der Waals surface area contributed by atoms with Crippen LogP contribution in [0.15, 0.2) is 6.20 Å². The van der Waals surface area contributed by atoms with Gasteiger partial charge in [0.15, 0.2) is 0 Å². The molecule has 8 heteroatoms. The van der Waals surface area contributed by atoms with Crippen molar-refractivity contribution in [1.29, 1.82) is 0 Å². The number of hydrogen-bond acceptors (Lipinski definition) is 5. The fraction of sp³-hybridized carbons (Fsp3) is 0.688. The van der Waals surface area contributed by atoms with E-state index in [9.17, 15) is 14.7 Å². The molecule has 0 aliphatic carbocycles. The number of aliphatic hydroxyl groups excluding tert-OH is 1. The maximum Gasteiger partial charge on any atom is 0.248 e. The molecule has 2 aliphatic rings. The predicted octanol–water partition coefficient (Wildman–Crippen LogP) is -0.897. The quantitative estimate of drug-likeness (QED) is 0.744. The van der Waals surface area contributed by atoms with E-state index in [4.69, 9.17) is 0 Å². The Morgan fingerprint density at radius 3 is 2.79 bits per heavy atom. The molecule has 2 saturated heterocycles. The number of nitrogens with one attached hydrogen (secondary N) is 1. The van der Waals surface area contributed by atoms with E-state index < -0.39 is 18.2 Å².